The van der Waals surface area contributed by atoms with Crippen LogP contribution in [0.1, 0.15) is 27.9 Å². The highest BCUT2D eigenvalue weighted by atomic mass is 35.5. The Morgan fingerprint density at radius 3 is 2.90 bits per heavy atom. The molecule has 0 N–H and O–H groups in total. The van der Waals surface area contributed by atoms with E-state index < -0.39 is 6.04 Å². The van der Waals surface area contributed by atoms with Crippen LogP contribution in [0.25, 0.3) is 10.2 Å². The number of ether oxygens (including phenoxy) is 1. The molecule has 6 nitrogen and oxygen atoms in total. The number of fused-ring (bicyclic) bond motifs is 1. The van der Waals surface area contributed by atoms with E-state index in [2.05, 4.69) is 5.10 Å². The Labute approximate surface area is 188 Å². The molecule has 1 aromatic carbocycles. The molecule has 1 saturated heterocycles. The van der Waals surface area contributed by atoms with Crippen molar-refractivity contribution in [3.05, 3.63) is 51.5 Å². The molecule has 1 amide bonds. The molecule has 0 radical (unpaired) electrons. The van der Waals surface area contributed by atoms with Crippen molar-refractivity contribution < 1.29 is 14.3 Å². The summed E-state index contributed by atoms with van der Waals surface area (Å²) in [6.45, 7) is 5.09. The van der Waals surface area contributed by atoms with Gasteiger partial charge in [0.25, 0.3) is 5.91 Å². The smallest absolute Gasteiger partial charge is 0.329 e. The lowest BCUT2D eigenvalue weighted by Crippen LogP contribution is -2.50. The number of rotatable bonds is 5. The summed E-state index contributed by atoms with van der Waals surface area (Å²) in [5, 5.41) is 6.28. The molecule has 0 unspecified atom stereocenters. The van der Waals surface area contributed by atoms with Gasteiger partial charge in [-0.2, -0.15) is 16.9 Å². The molecule has 158 valence electrons. The number of amides is 1. The minimum Gasteiger partial charge on any atom is -0.464 e. The third-order valence-corrected chi connectivity index (χ3v) is 7.57. The normalized spacial score (nSPS) is 16.8. The monoisotopic (exact) mass is 463 g/mol. The second-order valence-corrected chi connectivity index (χ2v) is 9.59. The van der Waals surface area contributed by atoms with Crippen LogP contribution >= 0.6 is 34.7 Å². The number of carbonyl (C=O) groups excluding carboxylic acids is 2. The van der Waals surface area contributed by atoms with Gasteiger partial charge in [-0.25, -0.2) is 4.79 Å². The van der Waals surface area contributed by atoms with Crippen molar-refractivity contribution in [1.82, 2.24) is 14.7 Å². The minimum atomic E-state index is -0.540. The first-order chi connectivity index (χ1) is 14.5. The Morgan fingerprint density at radius 1 is 1.33 bits per heavy atom. The minimum absolute atomic E-state index is 0.127. The van der Waals surface area contributed by atoms with Gasteiger partial charge in [0.2, 0.25) is 0 Å². The second kappa shape index (κ2) is 8.99. The van der Waals surface area contributed by atoms with Crippen LogP contribution in [0, 0.1) is 6.92 Å². The first kappa shape index (κ1) is 21.2. The Balaban J connectivity index is 1.64. The molecule has 0 bridgehead atoms. The highest BCUT2D eigenvalue weighted by Crippen LogP contribution is 2.31. The molecule has 9 heteroatoms. The fraction of sp³-hybridized carbons (Fsp3) is 0.381. The van der Waals surface area contributed by atoms with Crippen LogP contribution in [0.5, 0.6) is 0 Å². The third kappa shape index (κ3) is 4.08. The highest BCUT2D eigenvalue weighted by molar-refractivity contribution is 7.99. The van der Waals surface area contributed by atoms with E-state index in [1.807, 2.05) is 41.9 Å². The molecule has 1 atom stereocenters. The number of nitrogens with zero attached hydrogens (tertiary/aromatic N) is 3. The van der Waals surface area contributed by atoms with Crippen molar-refractivity contribution in [3.8, 4) is 0 Å². The molecule has 0 spiro atoms. The number of aryl methyl sites for hydroxylation is 1. The third-order valence-electron chi connectivity index (χ3n) is 5.04. The Kier molecular flexibility index (Phi) is 6.36. The van der Waals surface area contributed by atoms with E-state index in [0.717, 1.165) is 27.2 Å². The van der Waals surface area contributed by atoms with E-state index in [0.29, 0.717) is 35.3 Å². The van der Waals surface area contributed by atoms with E-state index in [1.54, 1.807) is 23.6 Å². The van der Waals surface area contributed by atoms with Gasteiger partial charge in [-0.05, 0) is 31.5 Å². The second-order valence-electron chi connectivity index (χ2n) is 7.01. The van der Waals surface area contributed by atoms with Crippen LogP contribution in [0.3, 0.4) is 0 Å². The number of benzene rings is 1. The maximum absolute atomic E-state index is 13.3. The average molecular weight is 464 g/mol. The van der Waals surface area contributed by atoms with Crippen molar-refractivity contribution in [2.75, 3.05) is 24.7 Å². The average Bonchev–Trinajstić information content (AvgIpc) is 3.30. The number of thiophene rings is 1. The van der Waals surface area contributed by atoms with Crippen LogP contribution < -0.4 is 0 Å². The standard InChI is InChI=1S/C21H22ClN3O3S2/c1-3-28-21(27)17-12-29-9-8-24(17)19(26)18-10-15-13(2)23-25(20(15)30-18)11-14-6-4-5-7-16(14)22/h4-7,10,17H,3,8-9,11-12H2,1-2H3/t17-/m1/s1. The molecule has 1 aliphatic rings. The van der Waals surface area contributed by atoms with Gasteiger partial charge in [-0.3, -0.25) is 9.48 Å². The predicted molar refractivity (Wildman–Crippen MR) is 122 cm³/mol. The lowest BCUT2D eigenvalue weighted by Gasteiger charge is -2.33. The van der Waals surface area contributed by atoms with Crippen molar-refractivity contribution in [2.45, 2.75) is 26.4 Å². The van der Waals surface area contributed by atoms with E-state index in [-0.39, 0.29) is 11.9 Å². The SMILES string of the molecule is CCOC(=O)[C@H]1CSCCN1C(=O)c1cc2c(C)nn(Cc3ccccc3Cl)c2s1. The number of thioether (sulfide) groups is 1. The van der Waals surface area contributed by atoms with Crippen LogP contribution in [-0.4, -0.2) is 57.3 Å². The topological polar surface area (TPSA) is 64.4 Å². The Bertz CT molecular complexity index is 1090. The summed E-state index contributed by atoms with van der Waals surface area (Å²) in [5.41, 5.74) is 1.84. The molecule has 3 aromatic rings. The molecule has 1 fully saturated rings. The van der Waals surface area contributed by atoms with E-state index in [9.17, 15) is 9.59 Å². The zero-order chi connectivity index (χ0) is 21.3. The zero-order valence-electron chi connectivity index (χ0n) is 16.8. The van der Waals surface area contributed by atoms with Crippen LogP contribution in [0.2, 0.25) is 5.02 Å². The molecule has 0 saturated carbocycles. The van der Waals surface area contributed by atoms with Gasteiger partial charge in [0.15, 0.2) is 0 Å². The fourth-order valence-electron chi connectivity index (χ4n) is 3.54. The van der Waals surface area contributed by atoms with Crippen LogP contribution in [-0.2, 0) is 16.1 Å². The Morgan fingerprint density at radius 2 is 2.13 bits per heavy atom. The number of hydrogen-bond donors (Lipinski definition) is 0. The van der Waals surface area contributed by atoms with E-state index >= 15 is 0 Å². The summed E-state index contributed by atoms with van der Waals surface area (Å²) < 4.78 is 7.08. The summed E-state index contributed by atoms with van der Waals surface area (Å²) in [7, 11) is 0. The first-order valence-corrected chi connectivity index (χ1v) is 12.1. The number of halogens is 1. The molecular weight excluding hydrogens is 442 g/mol. The quantitative estimate of drug-likeness (QED) is 0.530. The number of aromatic nitrogens is 2. The van der Waals surface area contributed by atoms with Gasteiger partial charge in [0.1, 0.15) is 10.9 Å². The van der Waals surface area contributed by atoms with Gasteiger partial charge in [0.05, 0.1) is 23.7 Å². The van der Waals surface area contributed by atoms with Crippen LogP contribution in [0.15, 0.2) is 30.3 Å². The summed E-state index contributed by atoms with van der Waals surface area (Å²) in [4.78, 5) is 28.8. The maximum Gasteiger partial charge on any atom is 0.329 e. The first-order valence-electron chi connectivity index (χ1n) is 9.75. The van der Waals surface area contributed by atoms with E-state index in [1.165, 1.54) is 11.3 Å². The molecule has 4 rings (SSSR count). The molecule has 0 aliphatic carbocycles. The highest BCUT2D eigenvalue weighted by Gasteiger charge is 2.35. The maximum atomic E-state index is 13.3. The lowest BCUT2D eigenvalue weighted by atomic mass is 10.2. The van der Waals surface area contributed by atoms with Gasteiger partial charge in [0, 0.05) is 28.5 Å². The largest absolute Gasteiger partial charge is 0.464 e. The molecule has 3 heterocycles. The van der Waals surface area contributed by atoms with Gasteiger partial charge in [-0.15, -0.1) is 11.3 Å². The molecular formula is C21H22ClN3O3S2. The van der Waals surface area contributed by atoms with Crippen molar-refractivity contribution in [2.24, 2.45) is 0 Å². The van der Waals surface area contributed by atoms with E-state index in [4.69, 9.17) is 16.3 Å². The molecule has 1 aliphatic heterocycles. The summed E-state index contributed by atoms with van der Waals surface area (Å²) in [6.07, 6.45) is 0. The molecule has 2 aromatic heterocycles. The Hall–Kier alpha value is -2.03. The molecule has 30 heavy (non-hydrogen) atoms. The zero-order valence-corrected chi connectivity index (χ0v) is 19.1. The van der Waals surface area contributed by atoms with Gasteiger partial charge in [-0.1, -0.05) is 29.8 Å². The van der Waals surface area contributed by atoms with Gasteiger partial charge >= 0.3 is 5.97 Å². The summed E-state index contributed by atoms with van der Waals surface area (Å²) >= 11 is 9.39. The van der Waals surface area contributed by atoms with Crippen molar-refractivity contribution >= 4 is 56.8 Å². The van der Waals surface area contributed by atoms with Gasteiger partial charge < -0.3 is 9.64 Å². The number of hydrogen-bond acceptors (Lipinski definition) is 6. The lowest BCUT2D eigenvalue weighted by molar-refractivity contribution is -0.147. The predicted octanol–water partition coefficient (Wildman–Crippen LogP) is 4.23. The number of carbonyl (C=O) groups is 2. The van der Waals surface area contributed by atoms with Crippen LogP contribution in [0.4, 0.5) is 0 Å². The fourth-order valence-corrected chi connectivity index (χ4v) is 5.88. The summed E-state index contributed by atoms with van der Waals surface area (Å²) in [5.74, 6) is 0.916. The number of esters is 1. The van der Waals surface area contributed by atoms with Crippen molar-refractivity contribution in [3.63, 3.8) is 0 Å². The van der Waals surface area contributed by atoms with Crippen molar-refractivity contribution in [1.29, 1.82) is 0 Å². The summed E-state index contributed by atoms with van der Waals surface area (Å²) in [6, 6.07) is 9.02.